The number of carbonyl (C=O) groups is 1. The number of hydrogen-bond donors (Lipinski definition) is 0. The second kappa shape index (κ2) is 5.83. The normalized spacial score (nSPS) is 17.3. The van der Waals surface area contributed by atoms with Crippen LogP contribution in [0, 0.1) is 0 Å². The third-order valence-electron chi connectivity index (χ3n) is 3.19. The lowest BCUT2D eigenvalue weighted by Crippen LogP contribution is -2.49. The maximum atomic E-state index is 12.0. The van der Waals surface area contributed by atoms with Gasteiger partial charge in [-0.2, -0.15) is 5.10 Å². The lowest BCUT2D eigenvalue weighted by Gasteiger charge is -2.35. The number of nitrogens with zero attached hydrogens (tertiary/aromatic N) is 4. The molecule has 20 heavy (non-hydrogen) atoms. The van der Waals surface area contributed by atoms with Gasteiger partial charge >= 0.3 is 6.09 Å². The highest BCUT2D eigenvalue weighted by Gasteiger charge is 2.25. The van der Waals surface area contributed by atoms with E-state index in [1.54, 1.807) is 4.90 Å². The molecule has 0 N–H and O–H groups in total. The first-order valence-electron chi connectivity index (χ1n) is 7.01. The van der Waals surface area contributed by atoms with Gasteiger partial charge in [0.15, 0.2) is 0 Å². The Labute approximate surface area is 120 Å². The van der Waals surface area contributed by atoms with Crippen LogP contribution in [0.3, 0.4) is 0 Å². The van der Waals surface area contributed by atoms with Gasteiger partial charge in [-0.3, -0.25) is 9.58 Å². The van der Waals surface area contributed by atoms with Crippen LogP contribution in [0.15, 0.2) is 12.4 Å². The molecule has 6 heteroatoms. The zero-order chi connectivity index (χ0) is 14.8. The van der Waals surface area contributed by atoms with Crippen molar-refractivity contribution in [2.75, 3.05) is 26.2 Å². The van der Waals surface area contributed by atoms with Gasteiger partial charge < -0.3 is 9.64 Å². The molecule has 1 aliphatic rings. The summed E-state index contributed by atoms with van der Waals surface area (Å²) >= 11 is 0. The molecule has 1 saturated heterocycles. The van der Waals surface area contributed by atoms with Gasteiger partial charge in [0, 0.05) is 51.5 Å². The fourth-order valence-electron chi connectivity index (χ4n) is 2.23. The van der Waals surface area contributed by atoms with E-state index in [4.69, 9.17) is 4.74 Å². The maximum absolute atomic E-state index is 12.0. The predicted molar refractivity (Wildman–Crippen MR) is 76.3 cm³/mol. The summed E-state index contributed by atoms with van der Waals surface area (Å²) in [4.78, 5) is 16.1. The van der Waals surface area contributed by atoms with Crippen LogP contribution in [0.25, 0.3) is 0 Å². The van der Waals surface area contributed by atoms with E-state index in [-0.39, 0.29) is 6.09 Å². The van der Waals surface area contributed by atoms with Crippen LogP contribution in [0.2, 0.25) is 0 Å². The molecule has 1 fully saturated rings. The molecule has 2 heterocycles. The molecule has 1 amide bonds. The van der Waals surface area contributed by atoms with Crippen molar-refractivity contribution < 1.29 is 9.53 Å². The molecule has 112 valence electrons. The lowest BCUT2D eigenvalue weighted by atomic mass is 10.2. The molecule has 1 aromatic heterocycles. The largest absolute Gasteiger partial charge is 0.444 e. The number of rotatable bonds is 2. The molecule has 0 aromatic carbocycles. The summed E-state index contributed by atoms with van der Waals surface area (Å²) in [6, 6.07) is 0. The Bertz CT molecular complexity index is 456. The van der Waals surface area contributed by atoms with Crippen molar-refractivity contribution in [1.82, 2.24) is 19.6 Å². The smallest absolute Gasteiger partial charge is 0.410 e. The quantitative estimate of drug-likeness (QED) is 0.823. The molecule has 0 radical (unpaired) electrons. The number of carbonyl (C=O) groups excluding carboxylic acids is 1. The van der Waals surface area contributed by atoms with Crippen molar-refractivity contribution >= 4 is 6.09 Å². The van der Waals surface area contributed by atoms with Crippen LogP contribution in [0.1, 0.15) is 26.3 Å². The van der Waals surface area contributed by atoms with Gasteiger partial charge in [0.1, 0.15) is 5.60 Å². The Hall–Kier alpha value is -1.56. The Morgan fingerprint density at radius 3 is 2.45 bits per heavy atom. The summed E-state index contributed by atoms with van der Waals surface area (Å²) in [5.41, 5.74) is 0.780. The first kappa shape index (κ1) is 14.8. The zero-order valence-electron chi connectivity index (χ0n) is 12.8. The van der Waals surface area contributed by atoms with E-state index in [1.165, 1.54) is 5.56 Å². The van der Waals surface area contributed by atoms with Crippen LogP contribution in [-0.2, 0) is 18.3 Å². The highest BCUT2D eigenvalue weighted by Crippen LogP contribution is 2.13. The van der Waals surface area contributed by atoms with E-state index in [9.17, 15) is 4.79 Å². The fraction of sp³-hybridized carbons (Fsp3) is 0.714. The number of ether oxygens (including phenoxy) is 1. The summed E-state index contributed by atoms with van der Waals surface area (Å²) in [7, 11) is 1.92. The Balaban J connectivity index is 1.79. The van der Waals surface area contributed by atoms with Crippen molar-refractivity contribution in [1.29, 1.82) is 0 Å². The van der Waals surface area contributed by atoms with Gasteiger partial charge in [-0.1, -0.05) is 0 Å². The van der Waals surface area contributed by atoms with Gasteiger partial charge in [0.05, 0.1) is 6.20 Å². The van der Waals surface area contributed by atoms with Gasteiger partial charge in [-0.15, -0.1) is 0 Å². The summed E-state index contributed by atoms with van der Waals surface area (Å²) in [6.07, 6.45) is 3.71. The van der Waals surface area contributed by atoms with E-state index in [0.29, 0.717) is 0 Å². The van der Waals surface area contributed by atoms with Crippen molar-refractivity contribution in [2.45, 2.75) is 32.9 Å². The Morgan fingerprint density at radius 2 is 1.95 bits per heavy atom. The van der Waals surface area contributed by atoms with Crippen LogP contribution >= 0.6 is 0 Å². The first-order chi connectivity index (χ1) is 9.33. The summed E-state index contributed by atoms with van der Waals surface area (Å²) in [6.45, 7) is 9.74. The van der Waals surface area contributed by atoms with Gasteiger partial charge in [0.25, 0.3) is 0 Å². The topological polar surface area (TPSA) is 50.6 Å². The SMILES string of the molecule is Cn1cc(CN2CCN(C(=O)OC(C)(C)C)CC2)cn1. The summed E-state index contributed by atoms with van der Waals surface area (Å²) < 4.78 is 7.20. The third-order valence-corrected chi connectivity index (χ3v) is 3.19. The van der Waals surface area contributed by atoms with Crippen molar-refractivity contribution in [3.8, 4) is 0 Å². The highest BCUT2D eigenvalue weighted by molar-refractivity contribution is 5.68. The van der Waals surface area contributed by atoms with E-state index in [2.05, 4.69) is 10.00 Å². The monoisotopic (exact) mass is 280 g/mol. The fourth-order valence-corrected chi connectivity index (χ4v) is 2.23. The van der Waals surface area contributed by atoms with Crippen LogP contribution in [-0.4, -0.2) is 57.5 Å². The molecular formula is C14H24N4O2. The van der Waals surface area contributed by atoms with Gasteiger partial charge in [0.2, 0.25) is 0 Å². The van der Waals surface area contributed by atoms with Crippen molar-refractivity contribution in [3.63, 3.8) is 0 Å². The van der Waals surface area contributed by atoms with Gasteiger partial charge in [-0.05, 0) is 20.8 Å². The van der Waals surface area contributed by atoms with Crippen molar-refractivity contribution in [2.24, 2.45) is 7.05 Å². The van der Waals surface area contributed by atoms with E-state index >= 15 is 0 Å². The number of amides is 1. The zero-order valence-corrected chi connectivity index (χ0v) is 12.8. The van der Waals surface area contributed by atoms with E-state index < -0.39 is 5.60 Å². The van der Waals surface area contributed by atoms with E-state index in [0.717, 1.165) is 32.7 Å². The molecule has 1 aromatic rings. The molecule has 2 rings (SSSR count). The second-order valence-corrected chi connectivity index (χ2v) is 6.27. The van der Waals surface area contributed by atoms with Crippen LogP contribution < -0.4 is 0 Å². The first-order valence-corrected chi connectivity index (χ1v) is 7.01. The number of hydrogen-bond acceptors (Lipinski definition) is 4. The summed E-state index contributed by atoms with van der Waals surface area (Å²) in [5, 5.41) is 4.17. The molecule has 0 unspecified atom stereocenters. The van der Waals surface area contributed by atoms with Crippen LogP contribution in [0.4, 0.5) is 4.79 Å². The Kier molecular flexibility index (Phi) is 4.32. The maximum Gasteiger partial charge on any atom is 0.410 e. The minimum absolute atomic E-state index is 0.210. The predicted octanol–water partition coefficient (Wildman–Crippen LogP) is 1.47. The molecule has 0 bridgehead atoms. The van der Waals surface area contributed by atoms with Crippen LogP contribution in [0.5, 0.6) is 0 Å². The second-order valence-electron chi connectivity index (χ2n) is 6.27. The van der Waals surface area contributed by atoms with E-state index in [1.807, 2.05) is 44.9 Å². The standard InChI is InChI=1S/C14H24N4O2/c1-14(2,3)20-13(19)18-7-5-17(6-8-18)11-12-9-15-16(4)10-12/h9-10H,5-8,11H2,1-4H3. The minimum Gasteiger partial charge on any atom is -0.444 e. The molecule has 6 nitrogen and oxygen atoms in total. The van der Waals surface area contributed by atoms with Gasteiger partial charge in [-0.25, -0.2) is 4.79 Å². The molecule has 0 spiro atoms. The average Bonchev–Trinajstić information content (AvgIpc) is 2.73. The third kappa shape index (κ3) is 4.23. The molecule has 1 aliphatic heterocycles. The number of aryl methyl sites for hydroxylation is 1. The number of aromatic nitrogens is 2. The van der Waals surface area contributed by atoms with Crippen molar-refractivity contribution in [3.05, 3.63) is 18.0 Å². The molecule has 0 aliphatic carbocycles. The average molecular weight is 280 g/mol. The number of piperazine rings is 1. The minimum atomic E-state index is -0.427. The highest BCUT2D eigenvalue weighted by atomic mass is 16.6. The Morgan fingerprint density at radius 1 is 1.30 bits per heavy atom. The molecule has 0 saturated carbocycles. The molecular weight excluding hydrogens is 256 g/mol. The summed E-state index contributed by atoms with van der Waals surface area (Å²) in [5.74, 6) is 0. The molecule has 0 atom stereocenters. The lowest BCUT2D eigenvalue weighted by molar-refractivity contribution is 0.0139.